The van der Waals surface area contributed by atoms with Gasteiger partial charge in [-0.25, -0.2) is 0 Å². The molecule has 5 aromatic rings. The molecule has 0 atom stereocenters. The number of fused-ring (bicyclic) bond motifs is 2. The Hall–Kier alpha value is -3.40. The predicted molar refractivity (Wildman–Crippen MR) is 167 cm³/mol. The highest BCUT2D eigenvalue weighted by molar-refractivity contribution is 8.04. The molecule has 0 fully saturated rings. The topological polar surface area (TPSA) is 142 Å². The minimum atomic E-state index is -4.13. The third kappa shape index (κ3) is 6.89. The van der Waals surface area contributed by atoms with Crippen LogP contribution in [0.4, 0.5) is 5.69 Å². The number of anilines is 1. The summed E-state index contributed by atoms with van der Waals surface area (Å²) in [5.74, 6) is 0.666. The first-order valence-corrected chi connectivity index (χ1v) is 18.1. The van der Waals surface area contributed by atoms with Crippen molar-refractivity contribution in [3.8, 4) is 22.6 Å². The third-order valence-corrected chi connectivity index (χ3v) is 10.7. The Kier molecular flexibility index (Phi) is 8.24. The maximum Gasteiger partial charge on any atom is 0.265 e. The van der Waals surface area contributed by atoms with Crippen LogP contribution in [0.2, 0.25) is 0 Å². The van der Waals surface area contributed by atoms with Gasteiger partial charge in [0.25, 0.3) is 25.2 Å². The molecule has 0 aliphatic carbocycles. The summed E-state index contributed by atoms with van der Waals surface area (Å²) in [7, 11) is -8.26. The second-order valence-corrected chi connectivity index (χ2v) is 15.2. The maximum atomic E-state index is 11.5. The summed E-state index contributed by atoms with van der Waals surface area (Å²) >= 11 is 3.08. The first kappa shape index (κ1) is 29.7. The zero-order valence-electron chi connectivity index (χ0n) is 22.6. The lowest BCUT2D eigenvalue weighted by molar-refractivity contribution is -0.668. The van der Waals surface area contributed by atoms with Crippen LogP contribution in [-0.2, 0) is 26.8 Å². The Morgan fingerprint density at radius 3 is 2.14 bits per heavy atom. The number of benzene rings is 2. The van der Waals surface area contributed by atoms with E-state index < -0.39 is 20.2 Å². The SMILES string of the molecule is O=S(=O)(O)CCCN1C(=Cc2sc3ccc(-c4ccco4)cc3[n+]2CCCS(=O)(=O)O)Sc2ccc(-c3ccco3)cc21. The van der Waals surface area contributed by atoms with Crippen molar-refractivity contribution in [1.29, 1.82) is 0 Å². The van der Waals surface area contributed by atoms with Crippen molar-refractivity contribution in [2.45, 2.75) is 24.3 Å². The van der Waals surface area contributed by atoms with Crippen molar-refractivity contribution in [2.24, 2.45) is 0 Å². The molecule has 3 aromatic heterocycles. The van der Waals surface area contributed by atoms with Crippen LogP contribution in [-0.4, -0.2) is 44.0 Å². The molecule has 10 nitrogen and oxygen atoms in total. The fourth-order valence-corrected chi connectivity index (χ4v) is 8.26. The summed E-state index contributed by atoms with van der Waals surface area (Å²) in [4.78, 5) is 3.01. The van der Waals surface area contributed by atoms with E-state index in [-0.39, 0.29) is 24.3 Å². The average Bonchev–Trinajstić information content (AvgIpc) is 3.75. The molecule has 1 aliphatic rings. The van der Waals surface area contributed by atoms with Gasteiger partial charge in [-0.15, -0.1) is 0 Å². The third-order valence-electron chi connectivity index (χ3n) is 6.89. The van der Waals surface area contributed by atoms with Gasteiger partial charge in [0.2, 0.25) is 5.52 Å². The molecule has 0 spiro atoms. The van der Waals surface area contributed by atoms with E-state index in [0.29, 0.717) is 24.6 Å². The molecule has 4 heterocycles. The van der Waals surface area contributed by atoms with Crippen molar-refractivity contribution < 1.29 is 39.3 Å². The lowest BCUT2D eigenvalue weighted by atomic mass is 10.1. The molecule has 43 heavy (non-hydrogen) atoms. The number of aryl methyl sites for hydroxylation is 1. The molecular weight excluding hydrogens is 633 g/mol. The molecule has 0 bridgehead atoms. The van der Waals surface area contributed by atoms with E-state index in [4.69, 9.17) is 8.83 Å². The first-order valence-electron chi connectivity index (χ1n) is 13.3. The smallest absolute Gasteiger partial charge is 0.265 e. The molecule has 0 radical (unpaired) electrons. The molecule has 0 unspecified atom stereocenters. The standard InChI is InChI=1S/C29H26N2O8S4/c32-42(33,34)15-3-11-30-22-17-20(24-5-1-13-38-24)7-9-26(22)40-28(30)19-29-31(12-4-16-43(35,36)37)23-18-21(8-10-27(23)41-29)25-6-2-14-39-25/h1-2,5-10,13-14,17-19H,3-4,11-12,15-16H2,(H-,32,33,34,35,36,37)/p+1. The number of thioether (sulfide) groups is 1. The normalized spacial score (nSPS) is 14.7. The largest absolute Gasteiger partial charge is 0.464 e. The quantitative estimate of drug-likeness (QED) is 0.125. The number of nitrogens with zero attached hydrogens (tertiary/aromatic N) is 2. The van der Waals surface area contributed by atoms with Crippen molar-refractivity contribution in [3.05, 3.63) is 83.2 Å². The van der Waals surface area contributed by atoms with Crippen molar-refractivity contribution in [1.82, 2.24) is 0 Å². The van der Waals surface area contributed by atoms with E-state index >= 15 is 0 Å². The summed E-state index contributed by atoms with van der Waals surface area (Å²) in [6.45, 7) is 0.674. The highest BCUT2D eigenvalue weighted by Gasteiger charge is 2.29. The van der Waals surface area contributed by atoms with Gasteiger partial charge >= 0.3 is 0 Å². The van der Waals surface area contributed by atoms with Gasteiger partial charge in [-0.3, -0.25) is 9.11 Å². The fourth-order valence-electron chi connectivity index (χ4n) is 4.99. The molecule has 14 heteroatoms. The van der Waals surface area contributed by atoms with E-state index in [2.05, 4.69) is 0 Å². The molecule has 0 amide bonds. The first-order chi connectivity index (χ1) is 20.5. The van der Waals surface area contributed by atoms with Gasteiger partial charge in [-0.05, 0) is 61.0 Å². The van der Waals surface area contributed by atoms with Crippen molar-refractivity contribution in [3.63, 3.8) is 0 Å². The van der Waals surface area contributed by atoms with Gasteiger partial charge in [-0.1, -0.05) is 23.1 Å². The molecular formula is C29H27N2O8S4+. The number of aromatic nitrogens is 1. The molecule has 224 valence electrons. The second-order valence-electron chi connectivity index (χ2n) is 9.93. The van der Waals surface area contributed by atoms with E-state index in [1.165, 1.54) is 23.1 Å². The number of thiazole rings is 1. The van der Waals surface area contributed by atoms with Gasteiger partial charge in [0.15, 0.2) is 6.54 Å². The van der Waals surface area contributed by atoms with Gasteiger partial charge in [0.05, 0.1) is 40.8 Å². The monoisotopic (exact) mass is 659 g/mol. The van der Waals surface area contributed by atoms with E-state index in [0.717, 1.165) is 42.0 Å². The highest BCUT2D eigenvalue weighted by atomic mass is 32.2. The van der Waals surface area contributed by atoms with Gasteiger partial charge in [0.1, 0.15) is 16.2 Å². The fraction of sp³-hybridized carbons (Fsp3) is 0.207. The Morgan fingerprint density at radius 1 is 0.837 bits per heavy atom. The zero-order valence-corrected chi connectivity index (χ0v) is 25.9. The predicted octanol–water partition coefficient (Wildman–Crippen LogP) is 6.18. The van der Waals surface area contributed by atoms with E-state index in [9.17, 15) is 25.9 Å². The lowest BCUT2D eigenvalue weighted by Gasteiger charge is -2.20. The van der Waals surface area contributed by atoms with Gasteiger partial charge < -0.3 is 13.7 Å². The van der Waals surface area contributed by atoms with Crippen LogP contribution in [0.25, 0.3) is 38.9 Å². The van der Waals surface area contributed by atoms with Crippen LogP contribution in [0, 0.1) is 0 Å². The Morgan fingerprint density at radius 2 is 1.49 bits per heavy atom. The molecule has 2 aromatic carbocycles. The minimum absolute atomic E-state index is 0.203. The Labute approximate surface area is 256 Å². The summed E-state index contributed by atoms with van der Waals surface area (Å²) in [5, 5.41) is 1.70. The van der Waals surface area contributed by atoms with Crippen LogP contribution in [0.1, 0.15) is 17.8 Å². The number of hydrogen-bond donors (Lipinski definition) is 2. The molecule has 1 aliphatic heterocycles. The summed E-state index contributed by atoms with van der Waals surface area (Å²) in [6.07, 6.45) is 5.62. The van der Waals surface area contributed by atoms with Gasteiger partial charge in [-0.2, -0.15) is 21.4 Å². The second kappa shape index (κ2) is 11.9. The van der Waals surface area contributed by atoms with Crippen LogP contribution in [0.3, 0.4) is 0 Å². The zero-order chi connectivity index (χ0) is 30.2. The molecule has 0 saturated heterocycles. The summed E-state index contributed by atoms with van der Waals surface area (Å²) < 4.78 is 78.9. The van der Waals surface area contributed by atoms with Crippen LogP contribution < -0.4 is 9.47 Å². The maximum absolute atomic E-state index is 11.5. The molecule has 2 N–H and O–H groups in total. The number of hydrogen-bond acceptors (Lipinski definition) is 9. The Balaban J connectivity index is 1.42. The van der Waals surface area contributed by atoms with Crippen LogP contribution in [0.15, 0.2) is 91.9 Å². The van der Waals surface area contributed by atoms with Gasteiger partial charge in [0, 0.05) is 35.1 Å². The van der Waals surface area contributed by atoms with E-state index in [1.807, 2.05) is 76.2 Å². The number of rotatable bonds is 11. The molecule has 6 rings (SSSR count). The van der Waals surface area contributed by atoms with Crippen molar-refractivity contribution in [2.75, 3.05) is 23.0 Å². The van der Waals surface area contributed by atoms with Crippen LogP contribution in [0.5, 0.6) is 0 Å². The number of furan rings is 2. The van der Waals surface area contributed by atoms with Crippen LogP contribution >= 0.6 is 23.1 Å². The highest BCUT2D eigenvalue weighted by Crippen LogP contribution is 2.48. The minimum Gasteiger partial charge on any atom is -0.464 e. The lowest BCUT2D eigenvalue weighted by Crippen LogP contribution is -2.36. The Bertz CT molecular complexity index is 2010. The summed E-state index contributed by atoms with van der Waals surface area (Å²) in [6, 6.07) is 19.3. The average molecular weight is 660 g/mol. The van der Waals surface area contributed by atoms with E-state index in [1.54, 1.807) is 12.5 Å². The molecule has 0 saturated carbocycles. The van der Waals surface area contributed by atoms with Crippen molar-refractivity contribution >= 4 is 65.3 Å². The summed E-state index contributed by atoms with van der Waals surface area (Å²) in [5.41, 5.74) is 3.52.